The van der Waals surface area contributed by atoms with Crippen molar-refractivity contribution in [3.63, 3.8) is 0 Å². The molecular formula is C36H45F3N6O10S. The summed E-state index contributed by atoms with van der Waals surface area (Å²) in [6.07, 6.45) is -0.687. The number of carboxylic acid groups (broad SMARTS) is 1. The van der Waals surface area contributed by atoms with Gasteiger partial charge >= 0.3 is 12.3 Å². The molecule has 3 fully saturated rings. The molecule has 0 spiro atoms. The number of nitrogens with one attached hydrogen (secondary N) is 3. The monoisotopic (exact) mass is 810 g/mol. The molecule has 2 aliphatic heterocycles. The second-order valence-corrected chi connectivity index (χ2v) is 16.9. The van der Waals surface area contributed by atoms with Gasteiger partial charge in [-0.25, -0.2) is 23.2 Å². The van der Waals surface area contributed by atoms with Gasteiger partial charge in [0.15, 0.2) is 11.5 Å². The number of allylic oxidation sites excluding steroid dienone is 1. The maximum absolute atomic E-state index is 14.5. The highest BCUT2D eigenvalue weighted by Crippen LogP contribution is 2.46. The molecule has 0 bridgehead atoms. The Labute approximate surface area is 321 Å². The number of benzene rings is 1. The van der Waals surface area contributed by atoms with Crippen molar-refractivity contribution in [2.45, 2.75) is 100 Å². The predicted octanol–water partition coefficient (Wildman–Crippen LogP) is 3.54. The second-order valence-electron chi connectivity index (χ2n) is 14.9. The second kappa shape index (κ2) is 15.6. The van der Waals surface area contributed by atoms with Crippen molar-refractivity contribution >= 4 is 44.9 Å². The number of hydrogen-bond acceptors (Lipinski definition) is 11. The molecule has 0 unspecified atom stereocenters. The van der Waals surface area contributed by atoms with Gasteiger partial charge in [-0.05, 0) is 50.4 Å². The number of hydrogen-bond donors (Lipinski definition) is 4. The van der Waals surface area contributed by atoms with Crippen LogP contribution in [0.15, 0.2) is 24.3 Å². The Kier molecular flexibility index (Phi) is 11.3. The molecule has 1 saturated heterocycles. The van der Waals surface area contributed by atoms with Crippen molar-refractivity contribution in [1.29, 1.82) is 0 Å². The third kappa shape index (κ3) is 8.44. The molecule has 3 heterocycles. The molecule has 20 heteroatoms. The molecule has 7 atom stereocenters. The minimum atomic E-state index is -4.87. The minimum Gasteiger partial charge on any atom is -0.493 e. The van der Waals surface area contributed by atoms with Crippen LogP contribution in [0.4, 0.5) is 18.0 Å². The van der Waals surface area contributed by atoms with Crippen molar-refractivity contribution in [2.75, 3.05) is 20.8 Å². The van der Waals surface area contributed by atoms with E-state index in [0.29, 0.717) is 38.5 Å². The van der Waals surface area contributed by atoms with Crippen LogP contribution in [0.5, 0.6) is 17.4 Å². The number of amides is 4. The van der Waals surface area contributed by atoms with E-state index >= 15 is 0 Å². The highest BCUT2D eigenvalue weighted by molar-refractivity contribution is 7.91. The van der Waals surface area contributed by atoms with E-state index in [1.165, 1.54) is 24.1 Å². The van der Waals surface area contributed by atoms with Crippen LogP contribution in [-0.4, -0.2) is 102 Å². The van der Waals surface area contributed by atoms with Crippen LogP contribution < -0.4 is 29.6 Å². The molecule has 1 aromatic heterocycles. The summed E-state index contributed by atoms with van der Waals surface area (Å²) in [7, 11) is -1.71. The molecule has 56 heavy (non-hydrogen) atoms. The van der Waals surface area contributed by atoms with Crippen molar-refractivity contribution in [3.05, 3.63) is 30.0 Å². The van der Waals surface area contributed by atoms with Crippen molar-refractivity contribution < 1.29 is 60.1 Å². The number of aromatic nitrogens is 2. The third-order valence-electron chi connectivity index (χ3n) is 10.9. The van der Waals surface area contributed by atoms with Crippen LogP contribution in [0.1, 0.15) is 70.9 Å². The van der Waals surface area contributed by atoms with E-state index in [2.05, 4.69) is 25.3 Å². The van der Waals surface area contributed by atoms with Gasteiger partial charge in [-0.3, -0.25) is 19.1 Å². The molecule has 4 aliphatic rings. The molecule has 0 radical (unpaired) electrons. The van der Waals surface area contributed by atoms with Crippen LogP contribution in [-0.2, 0) is 30.6 Å². The van der Waals surface area contributed by atoms with Crippen molar-refractivity contribution in [3.8, 4) is 17.4 Å². The lowest BCUT2D eigenvalue weighted by atomic mass is 9.85. The molecule has 16 nitrogen and oxygen atoms in total. The lowest BCUT2D eigenvalue weighted by Gasteiger charge is -2.33. The largest absolute Gasteiger partial charge is 0.493 e. The van der Waals surface area contributed by atoms with Crippen molar-refractivity contribution in [1.82, 2.24) is 30.2 Å². The summed E-state index contributed by atoms with van der Waals surface area (Å²) in [5.74, 6) is -4.14. The lowest BCUT2D eigenvalue weighted by Crippen LogP contribution is -2.59. The smallest absolute Gasteiger partial charge is 0.438 e. The molecule has 2 aromatic rings. The van der Waals surface area contributed by atoms with Gasteiger partial charge < -0.3 is 34.9 Å². The average molecular weight is 811 g/mol. The summed E-state index contributed by atoms with van der Waals surface area (Å²) in [6.45, 7) is 3.58. The lowest BCUT2D eigenvalue weighted by molar-refractivity contribution is -0.142. The quantitative estimate of drug-likeness (QED) is 0.268. The Bertz CT molecular complexity index is 2030. The number of carbonyl (C=O) groups excluding carboxylic acids is 3. The average Bonchev–Trinajstić information content (AvgIpc) is 4.06. The Balaban J connectivity index is 1.36. The fourth-order valence-electron chi connectivity index (χ4n) is 7.66. The number of halogens is 3. The first-order valence-corrected chi connectivity index (χ1v) is 20.0. The molecule has 2 saturated carbocycles. The van der Waals surface area contributed by atoms with Gasteiger partial charge in [0, 0.05) is 24.5 Å². The zero-order chi connectivity index (χ0) is 40.7. The number of rotatable bonds is 9. The first kappa shape index (κ1) is 40.8. The first-order chi connectivity index (χ1) is 26.4. The van der Waals surface area contributed by atoms with E-state index in [1.807, 2.05) is 19.9 Å². The summed E-state index contributed by atoms with van der Waals surface area (Å²) in [5.41, 5.74) is -3.20. The zero-order valence-corrected chi connectivity index (χ0v) is 32.0. The Hall–Kier alpha value is -4.88. The number of carbonyl (C=O) groups is 4. The molecule has 1 aromatic carbocycles. The van der Waals surface area contributed by atoms with E-state index in [1.54, 1.807) is 6.08 Å². The van der Waals surface area contributed by atoms with Gasteiger partial charge in [0.2, 0.25) is 33.4 Å². The van der Waals surface area contributed by atoms with Gasteiger partial charge in [-0.15, -0.1) is 0 Å². The number of alkyl halides is 3. The van der Waals surface area contributed by atoms with Gasteiger partial charge in [-0.2, -0.15) is 13.2 Å². The standard InChI is InChI=1S/C36H45F3N6O10S/c1-5-19-12-18(2)8-6-7-9-20-16-35(20,33(48)44-56(51,52)22-10-11-22)43-30(46)25-13-21(17-45(25)32(47)28(19)42-34(49)50)55-27-15-24-23(14-26(27)53-3)40-29(36(37,38)39)31(41-24)54-4/h7,9,14-15,18-22,25,28,42H,5-6,8,10-13,16-17H2,1-4H3,(H,43,46)(H,44,48)(H,49,50)/t18-,19-,20-,21-,25+,28+,35-/m1/s1. The summed E-state index contributed by atoms with van der Waals surface area (Å²) in [6, 6.07) is -0.102. The summed E-state index contributed by atoms with van der Waals surface area (Å²) < 4.78 is 85.4. The van der Waals surface area contributed by atoms with Gasteiger partial charge in [0.1, 0.15) is 23.7 Å². The third-order valence-corrected chi connectivity index (χ3v) is 12.7. The van der Waals surface area contributed by atoms with E-state index in [9.17, 15) is 45.9 Å². The summed E-state index contributed by atoms with van der Waals surface area (Å²) in [4.78, 5) is 63.5. The summed E-state index contributed by atoms with van der Waals surface area (Å²) >= 11 is 0. The molecule has 2 aliphatic carbocycles. The van der Waals surface area contributed by atoms with Crippen LogP contribution in [0.25, 0.3) is 11.0 Å². The van der Waals surface area contributed by atoms with E-state index in [4.69, 9.17) is 14.2 Å². The highest BCUT2D eigenvalue weighted by Gasteiger charge is 2.62. The molecular weight excluding hydrogens is 765 g/mol. The number of sulfonamides is 1. The SMILES string of the molecule is CC[C@@H]1C[C@H](C)CCC=C[C@@H]2C[C@@]2(C(=O)NS(=O)(=O)C2CC2)NC(=O)[C@@H]2C[C@@H](Oc3cc4nc(OC)c(C(F)(F)F)nc4cc3OC)CN2C(=O)[C@H]1NC(=O)O. The number of fused-ring (bicyclic) bond motifs is 3. The fraction of sp³-hybridized carbons (Fsp3) is 0.611. The first-order valence-electron chi connectivity index (χ1n) is 18.4. The van der Waals surface area contributed by atoms with Gasteiger partial charge in [0.05, 0.1) is 37.0 Å². The number of methoxy groups -OCH3 is 2. The van der Waals surface area contributed by atoms with Crippen LogP contribution in [0, 0.1) is 17.8 Å². The van der Waals surface area contributed by atoms with Gasteiger partial charge in [0.25, 0.3) is 5.91 Å². The molecule has 306 valence electrons. The van der Waals surface area contributed by atoms with Crippen LogP contribution >= 0.6 is 0 Å². The highest BCUT2D eigenvalue weighted by atomic mass is 32.2. The Morgan fingerprint density at radius 3 is 2.39 bits per heavy atom. The predicted molar refractivity (Wildman–Crippen MR) is 192 cm³/mol. The van der Waals surface area contributed by atoms with Crippen molar-refractivity contribution in [2.24, 2.45) is 17.8 Å². The normalized spacial score (nSPS) is 28.6. The van der Waals surface area contributed by atoms with E-state index < -0.39 is 92.4 Å². The van der Waals surface area contributed by atoms with Crippen LogP contribution in [0.2, 0.25) is 0 Å². The maximum atomic E-state index is 14.5. The molecule has 4 amide bonds. The minimum absolute atomic E-state index is 0.00861. The topological polar surface area (TPSA) is 215 Å². The van der Waals surface area contributed by atoms with E-state index in [0.717, 1.165) is 7.11 Å². The van der Waals surface area contributed by atoms with Gasteiger partial charge in [-0.1, -0.05) is 32.4 Å². The maximum Gasteiger partial charge on any atom is 0.438 e. The van der Waals surface area contributed by atoms with E-state index in [-0.39, 0.29) is 47.8 Å². The summed E-state index contributed by atoms with van der Waals surface area (Å²) in [5, 5.41) is 14.3. The fourth-order valence-corrected chi connectivity index (χ4v) is 9.02. The van der Waals surface area contributed by atoms with Crippen LogP contribution in [0.3, 0.4) is 0 Å². The number of nitrogens with zero attached hydrogens (tertiary/aromatic N) is 3. The Morgan fingerprint density at radius 1 is 1.07 bits per heavy atom. The Morgan fingerprint density at radius 2 is 1.77 bits per heavy atom. The molecule has 6 rings (SSSR count). The molecule has 4 N–H and O–H groups in total. The number of ether oxygens (including phenoxy) is 3. The zero-order valence-electron chi connectivity index (χ0n) is 31.2.